The molecule has 2 aliphatic rings. The lowest BCUT2D eigenvalue weighted by molar-refractivity contribution is -0.0577. The van der Waals surface area contributed by atoms with Crippen LogP contribution in [-0.4, -0.2) is 64.7 Å². The monoisotopic (exact) mass is 308 g/mol. The number of aromatic nitrogens is 3. The molecule has 1 aromatic rings. The van der Waals surface area contributed by atoms with Crippen molar-refractivity contribution in [3.8, 4) is 0 Å². The lowest BCUT2D eigenvalue weighted by Crippen LogP contribution is -2.45. The van der Waals surface area contributed by atoms with Gasteiger partial charge in [-0.25, -0.2) is 4.98 Å². The van der Waals surface area contributed by atoms with Crippen LogP contribution in [0, 0.1) is 5.92 Å². The Kier molecular flexibility index (Phi) is 5.81. The molecule has 22 heavy (non-hydrogen) atoms. The molecule has 3 rings (SSSR count). The first kappa shape index (κ1) is 15.9. The molecular weight excluding hydrogens is 280 g/mol. The molecule has 1 saturated heterocycles. The fourth-order valence-electron chi connectivity index (χ4n) is 3.49. The van der Waals surface area contributed by atoms with E-state index in [0.717, 1.165) is 45.3 Å². The highest BCUT2D eigenvalue weighted by Gasteiger charge is 2.23. The lowest BCUT2D eigenvalue weighted by Gasteiger charge is -2.34. The fourth-order valence-corrected chi connectivity index (χ4v) is 3.49. The summed E-state index contributed by atoms with van der Waals surface area (Å²) in [6.45, 7) is 7.68. The van der Waals surface area contributed by atoms with E-state index in [-0.39, 0.29) is 6.10 Å². The van der Waals surface area contributed by atoms with E-state index in [0.29, 0.717) is 6.10 Å². The highest BCUT2D eigenvalue weighted by molar-refractivity contribution is 4.75. The molecule has 2 fully saturated rings. The maximum atomic E-state index is 6.13. The molecule has 0 bridgehead atoms. The highest BCUT2D eigenvalue weighted by atomic mass is 16.5. The van der Waals surface area contributed by atoms with Gasteiger partial charge in [-0.05, 0) is 18.8 Å². The van der Waals surface area contributed by atoms with Gasteiger partial charge in [0.1, 0.15) is 12.7 Å². The van der Waals surface area contributed by atoms with Gasteiger partial charge in [-0.1, -0.05) is 19.8 Å². The summed E-state index contributed by atoms with van der Waals surface area (Å²) in [4.78, 5) is 6.42. The largest absolute Gasteiger partial charge is 0.377 e. The van der Waals surface area contributed by atoms with Crippen molar-refractivity contribution < 1.29 is 9.47 Å². The summed E-state index contributed by atoms with van der Waals surface area (Å²) >= 11 is 0. The van der Waals surface area contributed by atoms with Crippen LogP contribution < -0.4 is 0 Å². The zero-order valence-electron chi connectivity index (χ0n) is 13.6. The zero-order chi connectivity index (χ0) is 15.2. The molecule has 0 N–H and O–H groups in total. The van der Waals surface area contributed by atoms with Gasteiger partial charge in [0.25, 0.3) is 0 Å². The number of hydrogen-bond acceptors (Lipinski definition) is 5. The first-order valence-corrected chi connectivity index (χ1v) is 8.59. The number of rotatable bonds is 6. The molecule has 1 aromatic heterocycles. The molecule has 1 aliphatic heterocycles. The topological polar surface area (TPSA) is 52.4 Å². The normalized spacial score (nSPS) is 30.5. The fraction of sp³-hybridized carbons (Fsp3) is 0.875. The average molecular weight is 308 g/mol. The van der Waals surface area contributed by atoms with Crippen LogP contribution in [0.2, 0.25) is 0 Å². The van der Waals surface area contributed by atoms with Crippen molar-refractivity contribution in [3.05, 3.63) is 12.7 Å². The summed E-state index contributed by atoms with van der Waals surface area (Å²) in [5, 5.41) is 4.15. The molecule has 0 radical (unpaired) electrons. The summed E-state index contributed by atoms with van der Waals surface area (Å²) in [6, 6.07) is 0. The van der Waals surface area contributed by atoms with Crippen LogP contribution in [0.3, 0.4) is 0 Å². The molecule has 1 saturated carbocycles. The number of ether oxygens (including phenoxy) is 2. The molecule has 1 aliphatic carbocycles. The predicted octanol–water partition coefficient (Wildman–Crippen LogP) is 1.57. The molecule has 124 valence electrons. The molecule has 3 atom stereocenters. The van der Waals surface area contributed by atoms with Crippen molar-refractivity contribution in [3.63, 3.8) is 0 Å². The molecule has 6 heteroatoms. The summed E-state index contributed by atoms with van der Waals surface area (Å²) < 4.78 is 13.8. The van der Waals surface area contributed by atoms with Crippen molar-refractivity contribution in [1.82, 2.24) is 19.7 Å². The summed E-state index contributed by atoms with van der Waals surface area (Å²) in [7, 11) is 0. The average Bonchev–Trinajstić information content (AvgIpc) is 3.03. The van der Waals surface area contributed by atoms with Crippen LogP contribution >= 0.6 is 0 Å². The van der Waals surface area contributed by atoms with E-state index in [4.69, 9.17) is 9.47 Å². The van der Waals surface area contributed by atoms with Crippen LogP contribution in [-0.2, 0) is 16.0 Å². The van der Waals surface area contributed by atoms with Crippen LogP contribution in [0.4, 0.5) is 0 Å². The van der Waals surface area contributed by atoms with E-state index in [1.807, 2.05) is 4.68 Å². The maximum Gasteiger partial charge on any atom is 0.137 e. The van der Waals surface area contributed by atoms with Gasteiger partial charge in [0.2, 0.25) is 0 Å². The second-order valence-electron chi connectivity index (χ2n) is 6.58. The molecule has 0 unspecified atom stereocenters. The minimum absolute atomic E-state index is 0.198. The molecule has 0 spiro atoms. The van der Waals surface area contributed by atoms with E-state index in [1.165, 1.54) is 25.7 Å². The third kappa shape index (κ3) is 4.51. The van der Waals surface area contributed by atoms with Gasteiger partial charge >= 0.3 is 0 Å². The Hall–Kier alpha value is -0.980. The van der Waals surface area contributed by atoms with Gasteiger partial charge in [0, 0.05) is 19.6 Å². The molecule has 2 heterocycles. The van der Waals surface area contributed by atoms with Gasteiger partial charge < -0.3 is 9.47 Å². The highest BCUT2D eigenvalue weighted by Crippen LogP contribution is 2.26. The van der Waals surface area contributed by atoms with Crippen molar-refractivity contribution in [2.45, 2.75) is 51.4 Å². The number of morpholine rings is 1. The Balaban J connectivity index is 1.37. The van der Waals surface area contributed by atoms with E-state index >= 15 is 0 Å². The Bertz CT molecular complexity index is 426. The zero-order valence-corrected chi connectivity index (χ0v) is 13.6. The molecule has 6 nitrogen and oxygen atoms in total. The van der Waals surface area contributed by atoms with Crippen molar-refractivity contribution >= 4 is 0 Å². The van der Waals surface area contributed by atoms with Gasteiger partial charge in [-0.3, -0.25) is 9.58 Å². The molecule has 0 aromatic carbocycles. The summed E-state index contributed by atoms with van der Waals surface area (Å²) in [5.41, 5.74) is 0. The summed E-state index contributed by atoms with van der Waals surface area (Å²) in [6.07, 6.45) is 9.24. The first-order chi connectivity index (χ1) is 10.8. The van der Waals surface area contributed by atoms with Gasteiger partial charge in [0.15, 0.2) is 0 Å². The van der Waals surface area contributed by atoms with Crippen molar-refractivity contribution in [2.75, 3.05) is 32.8 Å². The number of nitrogens with zero attached hydrogens (tertiary/aromatic N) is 4. The van der Waals surface area contributed by atoms with Gasteiger partial charge in [-0.2, -0.15) is 5.10 Å². The van der Waals surface area contributed by atoms with Gasteiger partial charge in [-0.15, -0.1) is 0 Å². The molecular formula is C16H28N4O2. The smallest absolute Gasteiger partial charge is 0.137 e. The maximum absolute atomic E-state index is 6.13. The predicted molar refractivity (Wildman–Crippen MR) is 83.6 cm³/mol. The van der Waals surface area contributed by atoms with Gasteiger partial charge in [0.05, 0.1) is 32.0 Å². The van der Waals surface area contributed by atoms with Crippen molar-refractivity contribution in [1.29, 1.82) is 0 Å². The Labute approximate surface area is 132 Å². The third-order valence-corrected chi connectivity index (χ3v) is 4.85. The van der Waals surface area contributed by atoms with Crippen LogP contribution in [0.5, 0.6) is 0 Å². The first-order valence-electron chi connectivity index (χ1n) is 8.59. The summed E-state index contributed by atoms with van der Waals surface area (Å²) in [5.74, 6) is 0.721. The lowest BCUT2D eigenvalue weighted by atomic mass is 9.88. The standard InChI is InChI=1S/C16H28N4O2/c1-14-4-2-3-5-16(14)22-9-7-19-6-8-21-15(10-19)11-20-13-17-12-18-20/h12-16H,2-11H2,1H3/t14-,15-,16+/m1/s1. The minimum atomic E-state index is 0.198. The van der Waals surface area contributed by atoms with Crippen LogP contribution in [0.25, 0.3) is 0 Å². The van der Waals surface area contributed by atoms with E-state index in [1.54, 1.807) is 12.7 Å². The second-order valence-corrected chi connectivity index (χ2v) is 6.58. The third-order valence-electron chi connectivity index (χ3n) is 4.85. The quantitative estimate of drug-likeness (QED) is 0.798. The molecule has 0 amide bonds. The van der Waals surface area contributed by atoms with E-state index < -0.39 is 0 Å². The SMILES string of the molecule is C[C@@H]1CCCC[C@@H]1OCCN1CCO[C@@H](Cn2cncn2)C1. The van der Waals surface area contributed by atoms with Crippen LogP contribution in [0.15, 0.2) is 12.7 Å². The minimum Gasteiger partial charge on any atom is -0.377 e. The Morgan fingerprint density at radius 1 is 1.32 bits per heavy atom. The Morgan fingerprint density at radius 2 is 2.23 bits per heavy atom. The van der Waals surface area contributed by atoms with Crippen LogP contribution in [0.1, 0.15) is 32.6 Å². The van der Waals surface area contributed by atoms with Crippen molar-refractivity contribution in [2.24, 2.45) is 5.92 Å². The number of hydrogen-bond donors (Lipinski definition) is 0. The van der Waals surface area contributed by atoms with E-state index in [9.17, 15) is 0 Å². The Morgan fingerprint density at radius 3 is 3.05 bits per heavy atom. The van der Waals surface area contributed by atoms with E-state index in [2.05, 4.69) is 21.9 Å². The second kappa shape index (κ2) is 8.04.